The normalized spacial score (nSPS) is 10.9. The number of aromatic nitrogens is 3. The summed E-state index contributed by atoms with van der Waals surface area (Å²) in [6, 6.07) is 0. The van der Waals surface area contributed by atoms with Crippen molar-refractivity contribution in [3.63, 3.8) is 0 Å². The number of fused-ring (bicyclic) bond motifs is 1. The van der Waals surface area contributed by atoms with Gasteiger partial charge in [-0.3, -0.25) is 0 Å². The molecule has 0 aromatic carbocycles. The molecule has 0 amide bonds. The maximum absolute atomic E-state index is 5.91. The SMILES string of the molecule is Cc1cn2ncc(Br)c2c(Cl)n1. The summed E-state index contributed by atoms with van der Waals surface area (Å²) in [6.45, 7) is 1.88. The van der Waals surface area contributed by atoms with Gasteiger partial charge < -0.3 is 0 Å². The molecule has 0 N–H and O–H groups in total. The molecule has 2 rings (SSSR count). The lowest BCUT2D eigenvalue weighted by atomic mass is 10.5. The summed E-state index contributed by atoms with van der Waals surface area (Å²) in [5, 5.41) is 4.56. The second-order valence-electron chi connectivity index (χ2n) is 2.46. The fraction of sp³-hybridized carbons (Fsp3) is 0.143. The van der Waals surface area contributed by atoms with Crippen molar-refractivity contribution in [2.75, 3.05) is 0 Å². The number of nitrogens with zero attached hydrogens (tertiary/aromatic N) is 3. The third-order valence-electron chi connectivity index (χ3n) is 1.53. The number of hydrogen-bond acceptors (Lipinski definition) is 2. The predicted octanol–water partition coefficient (Wildman–Crippen LogP) is 2.45. The quantitative estimate of drug-likeness (QED) is 0.715. The number of rotatable bonds is 0. The molecule has 62 valence electrons. The second kappa shape index (κ2) is 2.71. The number of halogens is 2. The van der Waals surface area contributed by atoms with Crippen LogP contribution in [0.5, 0.6) is 0 Å². The summed E-state index contributed by atoms with van der Waals surface area (Å²) in [7, 11) is 0. The maximum Gasteiger partial charge on any atom is 0.156 e. The molecule has 0 saturated carbocycles. The molecule has 0 spiro atoms. The van der Waals surface area contributed by atoms with Crippen LogP contribution in [0.15, 0.2) is 16.9 Å². The van der Waals surface area contributed by atoms with Crippen molar-refractivity contribution < 1.29 is 0 Å². The van der Waals surface area contributed by atoms with E-state index in [4.69, 9.17) is 11.6 Å². The van der Waals surface area contributed by atoms with E-state index >= 15 is 0 Å². The van der Waals surface area contributed by atoms with Gasteiger partial charge in [-0.05, 0) is 22.9 Å². The van der Waals surface area contributed by atoms with E-state index in [9.17, 15) is 0 Å². The highest BCUT2D eigenvalue weighted by molar-refractivity contribution is 9.10. The first-order chi connectivity index (χ1) is 5.68. The van der Waals surface area contributed by atoms with Crippen LogP contribution in [0, 0.1) is 6.92 Å². The molecule has 0 aliphatic carbocycles. The van der Waals surface area contributed by atoms with E-state index < -0.39 is 0 Å². The molecule has 5 heteroatoms. The van der Waals surface area contributed by atoms with Gasteiger partial charge in [-0.25, -0.2) is 9.50 Å². The van der Waals surface area contributed by atoms with Gasteiger partial charge in [0.15, 0.2) is 5.15 Å². The molecule has 0 aliphatic heterocycles. The monoisotopic (exact) mass is 245 g/mol. The molecular formula is C7H5BrClN3. The fourth-order valence-electron chi connectivity index (χ4n) is 1.05. The van der Waals surface area contributed by atoms with Crippen LogP contribution in [0.25, 0.3) is 5.52 Å². The first kappa shape index (κ1) is 8.01. The van der Waals surface area contributed by atoms with Crippen molar-refractivity contribution in [3.05, 3.63) is 27.7 Å². The molecule has 0 fully saturated rings. The van der Waals surface area contributed by atoms with Crippen LogP contribution < -0.4 is 0 Å². The average molecular weight is 246 g/mol. The topological polar surface area (TPSA) is 30.2 Å². The Morgan fingerprint density at radius 1 is 1.58 bits per heavy atom. The molecule has 2 heterocycles. The van der Waals surface area contributed by atoms with Crippen LogP contribution in [0.4, 0.5) is 0 Å². The van der Waals surface area contributed by atoms with Crippen LogP contribution >= 0.6 is 27.5 Å². The zero-order valence-electron chi connectivity index (χ0n) is 6.25. The molecule has 0 unspecified atom stereocenters. The van der Waals surface area contributed by atoms with Crippen molar-refractivity contribution in [3.8, 4) is 0 Å². The van der Waals surface area contributed by atoms with Gasteiger partial charge in [-0.15, -0.1) is 0 Å². The first-order valence-electron chi connectivity index (χ1n) is 3.34. The highest BCUT2D eigenvalue weighted by atomic mass is 79.9. The van der Waals surface area contributed by atoms with E-state index in [0.29, 0.717) is 5.15 Å². The molecule has 3 nitrogen and oxygen atoms in total. The third kappa shape index (κ3) is 1.11. The summed E-state index contributed by atoms with van der Waals surface area (Å²) < 4.78 is 2.56. The summed E-state index contributed by atoms with van der Waals surface area (Å²) >= 11 is 9.24. The maximum atomic E-state index is 5.91. The smallest absolute Gasteiger partial charge is 0.156 e. The molecule has 0 atom stereocenters. The Hall–Kier alpha value is -0.610. The minimum atomic E-state index is 0.472. The van der Waals surface area contributed by atoms with E-state index in [2.05, 4.69) is 26.0 Å². The molecule has 0 radical (unpaired) electrons. The van der Waals surface area contributed by atoms with Gasteiger partial charge >= 0.3 is 0 Å². The summed E-state index contributed by atoms with van der Waals surface area (Å²) in [5.41, 5.74) is 1.66. The Morgan fingerprint density at radius 2 is 2.33 bits per heavy atom. The van der Waals surface area contributed by atoms with E-state index in [1.807, 2.05) is 13.1 Å². The van der Waals surface area contributed by atoms with E-state index in [1.54, 1.807) is 10.7 Å². The second-order valence-corrected chi connectivity index (χ2v) is 3.67. The third-order valence-corrected chi connectivity index (χ3v) is 2.37. The number of hydrogen-bond donors (Lipinski definition) is 0. The summed E-state index contributed by atoms with van der Waals surface area (Å²) in [4.78, 5) is 4.11. The van der Waals surface area contributed by atoms with Crippen molar-refractivity contribution >= 4 is 33.0 Å². The van der Waals surface area contributed by atoms with Crippen LogP contribution in [0.3, 0.4) is 0 Å². The van der Waals surface area contributed by atoms with Crippen LogP contribution in [-0.4, -0.2) is 14.6 Å². The highest BCUT2D eigenvalue weighted by Crippen LogP contribution is 2.23. The zero-order valence-corrected chi connectivity index (χ0v) is 8.59. The van der Waals surface area contributed by atoms with E-state index in [1.165, 1.54) is 0 Å². The van der Waals surface area contributed by atoms with E-state index in [-0.39, 0.29) is 0 Å². The summed E-state index contributed by atoms with van der Waals surface area (Å²) in [5.74, 6) is 0. The molecule has 2 aromatic rings. The van der Waals surface area contributed by atoms with E-state index in [0.717, 1.165) is 15.7 Å². The van der Waals surface area contributed by atoms with Gasteiger partial charge in [-0.1, -0.05) is 11.6 Å². The van der Waals surface area contributed by atoms with Gasteiger partial charge in [0.25, 0.3) is 0 Å². The minimum Gasteiger partial charge on any atom is -0.237 e. The van der Waals surface area contributed by atoms with Crippen LogP contribution in [-0.2, 0) is 0 Å². The molecule has 0 saturated heterocycles. The lowest BCUT2D eigenvalue weighted by Crippen LogP contribution is -1.92. The van der Waals surface area contributed by atoms with Crippen molar-refractivity contribution in [2.24, 2.45) is 0 Å². The number of aryl methyl sites for hydroxylation is 1. The standard InChI is InChI=1S/C7H5BrClN3/c1-4-3-12-6(7(9)11-4)5(8)2-10-12/h2-3H,1H3. The van der Waals surface area contributed by atoms with Gasteiger partial charge in [0.2, 0.25) is 0 Å². The average Bonchev–Trinajstić information content (AvgIpc) is 2.31. The molecule has 2 aromatic heterocycles. The lowest BCUT2D eigenvalue weighted by Gasteiger charge is -1.97. The molecule has 0 aliphatic rings. The molecule has 12 heavy (non-hydrogen) atoms. The van der Waals surface area contributed by atoms with Crippen molar-refractivity contribution in [1.82, 2.24) is 14.6 Å². The minimum absolute atomic E-state index is 0.472. The Balaban J connectivity index is 2.93. The Bertz CT molecular complexity index is 437. The van der Waals surface area contributed by atoms with Gasteiger partial charge in [-0.2, -0.15) is 5.10 Å². The predicted molar refractivity (Wildman–Crippen MR) is 50.4 cm³/mol. The van der Waals surface area contributed by atoms with Gasteiger partial charge in [0.05, 0.1) is 22.6 Å². The highest BCUT2D eigenvalue weighted by Gasteiger charge is 2.06. The van der Waals surface area contributed by atoms with Crippen molar-refractivity contribution in [1.29, 1.82) is 0 Å². The zero-order chi connectivity index (χ0) is 8.72. The van der Waals surface area contributed by atoms with Gasteiger partial charge in [0, 0.05) is 0 Å². The lowest BCUT2D eigenvalue weighted by molar-refractivity contribution is 0.928. The Labute approximate surface area is 82.5 Å². The largest absolute Gasteiger partial charge is 0.237 e. The summed E-state index contributed by atoms with van der Waals surface area (Å²) in [6.07, 6.45) is 3.52. The Morgan fingerprint density at radius 3 is 3.08 bits per heavy atom. The van der Waals surface area contributed by atoms with Gasteiger partial charge in [0.1, 0.15) is 5.52 Å². The van der Waals surface area contributed by atoms with Crippen LogP contribution in [0.2, 0.25) is 5.15 Å². The molecular weight excluding hydrogens is 241 g/mol. The van der Waals surface area contributed by atoms with Crippen molar-refractivity contribution in [2.45, 2.75) is 6.92 Å². The first-order valence-corrected chi connectivity index (χ1v) is 4.51. The Kier molecular flexibility index (Phi) is 1.81. The fourth-order valence-corrected chi connectivity index (χ4v) is 1.94. The van der Waals surface area contributed by atoms with Crippen LogP contribution in [0.1, 0.15) is 5.69 Å². The molecule has 0 bridgehead atoms.